The maximum Gasteiger partial charge on any atom is 0.307 e. The Kier molecular flexibility index (Phi) is 3.10. The fourth-order valence-corrected chi connectivity index (χ4v) is 2.55. The highest BCUT2D eigenvalue weighted by Crippen LogP contribution is 2.39. The molecule has 0 aromatic rings. The SMILES string of the molecule is C#CC1(NC(=O)[C@H]2C[C@H]2C(=O)O)CCCCC1. The summed E-state index contributed by atoms with van der Waals surface area (Å²) < 4.78 is 0. The van der Waals surface area contributed by atoms with Gasteiger partial charge in [0.2, 0.25) is 5.91 Å². The number of carboxylic acid groups (broad SMARTS) is 1. The zero-order valence-corrected chi connectivity index (χ0v) is 9.74. The zero-order valence-electron chi connectivity index (χ0n) is 9.74. The van der Waals surface area contributed by atoms with Crippen molar-refractivity contribution in [1.82, 2.24) is 5.32 Å². The van der Waals surface area contributed by atoms with E-state index in [-0.39, 0.29) is 11.8 Å². The third-order valence-corrected chi connectivity index (χ3v) is 3.79. The van der Waals surface area contributed by atoms with Crippen molar-refractivity contribution in [3.05, 3.63) is 0 Å². The first-order valence-corrected chi connectivity index (χ1v) is 6.10. The van der Waals surface area contributed by atoms with Crippen molar-refractivity contribution in [3.63, 3.8) is 0 Å². The number of nitrogens with one attached hydrogen (secondary N) is 1. The quantitative estimate of drug-likeness (QED) is 0.721. The van der Waals surface area contributed by atoms with Gasteiger partial charge in [-0.3, -0.25) is 9.59 Å². The van der Waals surface area contributed by atoms with E-state index in [1.165, 1.54) is 0 Å². The Balaban J connectivity index is 1.94. The smallest absolute Gasteiger partial charge is 0.307 e. The van der Waals surface area contributed by atoms with Crippen LogP contribution in [0.4, 0.5) is 0 Å². The lowest BCUT2D eigenvalue weighted by molar-refractivity contribution is -0.140. The molecule has 0 bridgehead atoms. The minimum absolute atomic E-state index is 0.183. The van der Waals surface area contributed by atoms with Gasteiger partial charge in [-0.2, -0.15) is 0 Å². The molecule has 2 rings (SSSR count). The summed E-state index contributed by atoms with van der Waals surface area (Å²) in [6, 6.07) is 0. The molecule has 1 amide bonds. The highest BCUT2D eigenvalue weighted by Gasteiger charge is 2.49. The van der Waals surface area contributed by atoms with Crippen molar-refractivity contribution < 1.29 is 14.7 Å². The minimum Gasteiger partial charge on any atom is -0.481 e. The molecular formula is C13H17NO3. The third kappa shape index (κ3) is 2.44. The van der Waals surface area contributed by atoms with Crippen LogP contribution in [-0.4, -0.2) is 22.5 Å². The van der Waals surface area contributed by atoms with Crippen molar-refractivity contribution in [3.8, 4) is 12.3 Å². The van der Waals surface area contributed by atoms with Crippen LogP contribution in [0.1, 0.15) is 38.5 Å². The van der Waals surface area contributed by atoms with E-state index < -0.39 is 17.4 Å². The van der Waals surface area contributed by atoms with Crippen LogP contribution in [0.3, 0.4) is 0 Å². The summed E-state index contributed by atoms with van der Waals surface area (Å²) in [5.74, 6) is 0.746. The van der Waals surface area contributed by atoms with Crippen molar-refractivity contribution in [1.29, 1.82) is 0 Å². The average molecular weight is 235 g/mol. The van der Waals surface area contributed by atoms with Gasteiger partial charge in [0, 0.05) is 0 Å². The van der Waals surface area contributed by atoms with Crippen LogP contribution in [-0.2, 0) is 9.59 Å². The van der Waals surface area contributed by atoms with Gasteiger partial charge < -0.3 is 10.4 Å². The molecule has 0 unspecified atom stereocenters. The minimum atomic E-state index is -0.886. The molecule has 2 atom stereocenters. The third-order valence-electron chi connectivity index (χ3n) is 3.79. The Hall–Kier alpha value is -1.50. The standard InChI is InChI=1S/C13H17NO3/c1-2-13(6-4-3-5-7-13)14-11(15)9-8-10(9)12(16)17/h1,9-10H,3-8H2,(H,14,15)(H,16,17)/t9-,10+/m0/s1. The summed E-state index contributed by atoms with van der Waals surface area (Å²) in [5, 5.41) is 11.7. The molecule has 0 heterocycles. The molecule has 2 N–H and O–H groups in total. The predicted molar refractivity (Wildman–Crippen MR) is 62.0 cm³/mol. The molecule has 0 radical (unpaired) electrons. The summed E-state index contributed by atoms with van der Waals surface area (Å²) in [7, 11) is 0. The first kappa shape index (κ1) is 12.0. The lowest BCUT2D eigenvalue weighted by atomic mass is 9.82. The fraction of sp³-hybridized carbons (Fsp3) is 0.692. The van der Waals surface area contributed by atoms with E-state index in [0.717, 1.165) is 32.1 Å². The first-order valence-electron chi connectivity index (χ1n) is 6.10. The Morgan fingerprint density at radius 3 is 2.35 bits per heavy atom. The topological polar surface area (TPSA) is 66.4 Å². The van der Waals surface area contributed by atoms with Crippen LogP contribution in [0.2, 0.25) is 0 Å². The monoisotopic (exact) mass is 235 g/mol. The van der Waals surface area contributed by atoms with Crippen LogP contribution < -0.4 is 5.32 Å². The second-order valence-corrected chi connectivity index (χ2v) is 5.06. The lowest BCUT2D eigenvalue weighted by Gasteiger charge is -2.33. The predicted octanol–water partition coefficient (Wildman–Crippen LogP) is 1.16. The van der Waals surface area contributed by atoms with Gasteiger partial charge in [0.05, 0.1) is 11.8 Å². The number of amides is 1. The second kappa shape index (κ2) is 4.40. The fourth-order valence-electron chi connectivity index (χ4n) is 2.55. The Morgan fingerprint density at radius 2 is 1.88 bits per heavy atom. The number of rotatable bonds is 3. The molecule has 2 saturated carbocycles. The molecule has 2 fully saturated rings. The number of hydrogen-bond acceptors (Lipinski definition) is 2. The molecule has 2 aliphatic carbocycles. The lowest BCUT2D eigenvalue weighted by Crippen LogP contribution is -2.49. The molecule has 4 nitrogen and oxygen atoms in total. The van der Waals surface area contributed by atoms with Gasteiger partial charge in [0.1, 0.15) is 5.54 Å². The van der Waals surface area contributed by atoms with Gasteiger partial charge in [0.15, 0.2) is 0 Å². The molecule has 17 heavy (non-hydrogen) atoms. The number of carboxylic acids is 1. The zero-order chi connectivity index (χ0) is 12.5. The van der Waals surface area contributed by atoms with Gasteiger partial charge in [-0.15, -0.1) is 6.42 Å². The Bertz CT molecular complexity index is 377. The van der Waals surface area contributed by atoms with Crippen molar-refractivity contribution in [2.24, 2.45) is 11.8 Å². The van der Waals surface area contributed by atoms with Crippen molar-refractivity contribution in [2.75, 3.05) is 0 Å². The van der Waals surface area contributed by atoms with Crippen LogP contribution in [0.15, 0.2) is 0 Å². The molecule has 0 aromatic heterocycles. The summed E-state index contributed by atoms with van der Waals surface area (Å²) in [4.78, 5) is 22.6. The summed E-state index contributed by atoms with van der Waals surface area (Å²) in [5.41, 5.74) is -0.527. The van der Waals surface area contributed by atoms with E-state index in [1.54, 1.807) is 0 Å². The van der Waals surface area contributed by atoms with Gasteiger partial charge >= 0.3 is 5.97 Å². The number of carbonyl (C=O) groups is 2. The van der Waals surface area contributed by atoms with Gasteiger partial charge in [-0.05, 0) is 19.3 Å². The highest BCUT2D eigenvalue weighted by atomic mass is 16.4. The molecule has 0 aliphatic heterocycles. The van der Waals surface area contributed by atoms with Gasteiger partial charge in [-0.1, -0.05) is 25.2 Å². The summed E-state index contributed by atoms with van der Waals surface area (Å²) in [6.07, 6.45) is 10.8. The van der Waals surface area contributed by atoms with E-state index >= 15 is 0 Å². The van der Waals surface area contributed by atoms with E-state index in [1.807, 2.05) is 0 Å². The average Bonchev–Trinajstić information content (AvgIpc) is 3.10. The summed E-state index contributed by atoms with van der Waals surface area (Å²) >= 11 is 0. The van der Waals surface area contributed by atoms with E-state index in [9.17, 15) is 9.59 Å². The van der Waals surface area contributed by atoms with E-state index in [0.29, 0.717) is 6.42 Å². The van der Waals surface area contributed by atoms with Crippen LogP contribution in [0.25, 0.3) is 0 Å². The molecule has 0 aromatic carbocycles. The Morgan fingerprint density at radius 1 is 1.24 bits per heavy atom. The van der Waals surface area contributed by atoms with Crippen molar-refractivity contribution >= 4 is 11.9 Å². The normalized spacial score (nSPS) is 30.1. The molecule has 0 spiro atoms. The van der Waals surface area contributed by atoms with Gasteiger partial charge in [-0.25, -0.2) is 0 Å². The van der Waals surface area contributed by atoms with Gasteiger partial charge in [0.25, 0.3) is 0 Å². The van der Waals surface area contributed by atoms with Crippen LogP contribution >= 0.6 is 0 Å². The molecule has 2 aliphatic rings. The largest absolute Gasteiger partial charge is 0.481 e. The molecular weight excluding hydrogens is 218 g/mol. The molecule has 0 saturated heterocycles. The number of carbonyl (C=O) groups excluding carboxylic acids is 1. The van der Waals surface area contributed by atoms with Crippen LogP contribution in [0.5, 0.6) is 0 Å². The van der Waals surface area contributed by atoms with Crippen molar-refractivity contribution in [2.45, 2.75) is 44.1 Å². The molecule has 92 valence electrons. The van der Waals surface area contributed by atoms with Crippen LogP contribution in [0, 0.1) is 24.2 Å². The maximum absolute atomic E-state index is 11.9. The number of hydrogen-bond donors (Lipinski definition) is 2. The first-order chi connectivity index (χ1) is 8.08. The summed E-state index contributed by atoms with van der Waals surface area (Å²) in [6.45, 7) is 0. The highest BCUT2D eigenvalue weighted by molar-refractivity contribution is 5.90. The van der Waals surface area contributed by atoms with E-state index in [4.69, 9.17) is 11.5 Å². The maximum atomic E-state index is 11.9. The number of aliphatic carboxylic acids is 1. The Labute approximate surface area is 101 Å². The molecule has 4 heteroatoms. The second-order valence-electron chi connectivity index (χ2n) is 5.06. The van der Waals surface area contributed by atoms with E-state index in [2.05, 4.69) is 11.2 Å². The number of terminal acetylenes is 1.